The second-order valence-electron chi connectivity index (χ2n) is 7.75. The molecule has 3 rings (SSSR count). The van der Waals surface area contributed by atoms with Crippen molar-refractivity contribution in [1.82, 2.24) is 4.72 Å². The van der Waals surface area contributed by atoms with E-state index in [1.54, 1.807) is 6.92 Å². The molecular weight excluding hydrogens is 473 g/mol. The van der Waals surface area contributed by atoms with Crippen LogP contribution in [0, 0.1) is 11.6 Å². The molecule has 0 saturated heterocycles. The molecule has 0 unspecified atom stereocenters. The molecule has 11 heteroatoms. The van der Waals surface area contributed by atoms with Crippen LogP contribution in [0.3, 0.4) is 0 Å². The Morgan fingerprint density at radius 1 is 1.13 bits per heavy atom. The molecule has 0 bridgehead atoms. The summed E-state index contributed by atoms with van der Waals surface area (Å²) in [6.07, 6.45) is 1.82. The van der Waals surface area contributed by atoms with Crippen molar-refractivity contribution in [2.24, 2.45) is 0 Å². The molecule has 1 aliphatic rings. The molecule has 1 aliphatic carbocycles. The van der Waals surface area contributed by atoms with Gasteiger partial charge in [0.1, 0.15) is 4.90 Å². The fraction of sp³-hybridized carbons (Fsp3) is 0.350. The van der Waals surface area contributed by atoms with Crippen LogP contribution in [0.15, 0.2) is 35.2 Å². The third kappa shape index (κ3) is 5.72. The van der Waals surface area contributed by atoms with Crippen molar-refractivity contribution in [3.63, 3.8) is 0 Å². The molecule has 6 nitrogen and oxygen atoms in total. The van der Waals surface area contributed by atoms with E-state index in [9.17, 15) is 27.1 Å². The van der Waals surface area contributed by atoms with E-state index in [1.807, 2.05) is 0 Å². The van der Waals surface area contributed by atoms with E-state index in [0.29, 0.717) is 25.7 Å². The highest BCUT2D eigenvalue weighted by Gasteiger charge is 2.32. The summed E-state index contributed by atoms with van der Waals surface area (Å²) in [6.45, 7) is 1.71. The second-order valence-corrected chi connectivity index (χ2v) is 10.2. The number of hydrogen-bond donors (Lipinski definition) is 3. The number of aliphatic hydroxyl groups is 1. The Morgan fingerprint density at radius 2 is 1.77 bits per heavy atom. The molecule has 0 aromatic heterocycles. The minimum absolute atomic E-state index is 0.0581. The van der Waals surface area contributed by atoms with Gasteiger partial charge in [0.05, 0.1) is 15.6 Å². The lowest BCUT2D eigenvalue weighted by molar-refractivity contribution is 0.0163. The van der Waals surface area contributed by atoms with Crippen LogP contribution in [-0.2, 0) is 10.0 Å². The van der Waals surface area contributed by atoms with E-state index >= 15 is 0 Å². The molecule has 0 heterocycles. The van der Waals surface area contributed by atoms with Crippen molar-refractivity contribution >= 4 is 44.8 Å². The molecule has 168 valence electrons. The van der Waals surface area contributed by atoms with Crippen molar-refractivity contribution < 1.29 is 27.1 Å². The standard InChI is InChI=1S/C20H20Cl2F2N2O4S/c1-20(28)6-4-12(5-7-20)26-31(29,30)17-8-11(2-3-14(17)21)19(27)25-13-9-15(22)18(24)16(23)10-13/h2-3,8-10,12,26,28H,4-7H2,1H3,(H,25,27). The van der Waals surface area contributed by atoms with Gasteiger partial charge in [-0.15, -0.1) is 0 Å². The molecule has 1 fully saturated rings. The number of benzene rings is 2. The maximum atomic E-state index is 13.5. The van der Waals surface area contributed by atoms with Crippen LogP contribution in [0.5, 0.6) is 0 Å². The monoisotopic (exact) mass is 492 g/mol. The molecule has 0 radical (unpaired) electrons. The first-order valence-electron chi connectivity index (χ1n) is 9.38. The van der Waals surface area contributed by atoms with Crippen LogP contribution in [-0.4, -0.2) is 31.1 Å². The molecule has 1 saturated carbocycles. The Kier molecular flexibility index (Phi) is 6.93. The van der Waals surface area contributed by atoms with Crippen molar-refractivity contribution in [3.8, 4) is 0 Å². The zero-order chi connectivity index (χ0) is 23.0. The van der Waals surface area contributed by atoms with Crippen LogP contribution in [0.2, 0.25) is 10.0 Å². The maximum absolute atomic E-state index is 13.5. The predicted octanol–water partition coefficient (Wildman–Crippen LogP) is 4.50. The first-order chi connectivity index (χ1) is 14.4. The molecular formula is C20H20Cl2F2N2O4S. The number of rotatable bonds is 5. The molecule has 0 aliphatic heterocycles. The second kappa shape index (κ2) is 8.99. The van der Waals surface area contributed by atoms with E-state index in [1.165, 1.54) is 12.1 Å². The number of anilines is 1. The van der Waals surface area contributed by atoms with Crippen LogP contribution in [0.4, 0.5) is 14.5 Å². The summed E-state index contributed by atoms with van der Waals surface area (Å²) in [5, 5.41) is 11.8. The van der Waals surface area contributed by atoms with E-state index in [4.69, 9.17) is 23.2 Å². The van der Waals surface area contributed by atoms with Crippen molar-refractivity contribution in [2.45, 2.75) is 49.1 Å². The van der Waals surface area contributed by atoms with E-state index in [-0.39, 0.29) is 27.2 Å². The zero-order valence-electron chi connectivity index (χ0n) is 16.4. The number of sulfonamides is 1. The SMILES string of the molecule is CC1(O)CCC(NS(=O)(=O)c2cc(C(=O)Nc3cc(F)c(F)c(Cl)c3)ccc2Cl)CC1. The molecule has 1 amide bonds. The molecule has 3 N–H and O–H groups in total. The summed E-state index contributed by atoms with van der Waals surface area (Å²) in [5.41, 5.74) is -0.974. The molecule has 31 heavy (non-hydrogen) atoms. The Labute approximate surface area is 188 Å². The van der Waals surface area contributed by atoms with Gasteiger partial charge in [0.25, 0.3) is 5.91 Å². The lowest BCUT2D eigenvalue weighted by atomic mass is 9.84. The summed E-state index contributed by atoms with van der Waals surface area (Å²) in [4.78, 5) is 12.2. The fourth-order valence-electron chi connectivity index (χ4n) is 3.32. The van der Waals surface area contributed by atoms with Crippen LogP contribution in [0.1, 0.15) is 43.0 Å². The van der Waals surface area contributed by atoms with Crippen LogP contribution >= 0.6 is 23.2 Å². The Bertz CT molecular complexity index is 1090. The number of halogens is 4. The topological polar surface area (TPSA) is 95.5 Å². The van der Waals surface area contributed by atoms with Gasteiger partial charge < -0.3 is 10.4 Å². The van der Waals surface area contributed by atoms with Gasteiger partial charge >= 0.3 is 0 Å². The van der Waals surface area contributed by atoms with E-state index in [0.717, 1.165) is 18.2 Å². The summed E-state index contributed by atoms with van der Waals surface area (Å²) >= 11 is 11.6. The van der Waals surface area contributed by atoms with Crippen molar-refractivity contribution in [2.75, 3.05) is 5.32 Å². The first-order valence-corrected chi connectivity index (χ1v) is 11.6. The Balaban J connectivity index is 1.80. The highest BCUT2D eigenvalue weighted by molar-refractivity contribution is 7.89. The minimum Gasteiger partial charge on any atom is -0.390 e. The Hall–Kier alpha value is -1.78. The van der Waals surface area contributed by atoms with Crippen LogP contribution < -0.4 is 10.0 Å². The van der Waals surface area contributed by atoms with Gasteiger partial charge in [-0.1, -0.05) is 23.2 Å². The summed E-state index contributed by atoms with van der Waals surface area (Å²) < 4.78 is 55.1. The van der Waals surface area contributed by atoms with Gasteiger partial charge in [-0.25, -0.2) is 21.9 Å². The zero-order valence-corrected chi connectivity index (χ0v) is 18.7. The van der Waals surface area contributed by atoms with Gasteiger partial charge in [-0.05, 0) is 56.9 Å². The highest BCUT2D eigenvalue weighted by atomic mass is 35.5. The lowest BCUT2D eigenvalue weighted by Gasteiger charge is -2.33. The number of nitrogens with one attached hydrogen (secondary N) is 2. The largest absolute Gasteiger partial charge is 0.390 e. The fourth-order valence-corrected chi connectivity index (χ4v) is 5.36. The number of carbonyl (C=O) groups excluding carboxylic acids is 1. The molecule has 2 aromatic carbocycles. The van der Waals surface area contributed by atoms with Gasteiger partial charge in [-0.2, -0.15) is 0 Å². The number of amides is 1. The predicted molar refractivity (Wildman–Crippen MR) is 114 cm³/mol. The van der Waals surface area contributed by atoms with E-state index in [2.05, 4.69) is 10.0 Å². The highest BCUT2D eigenvalue weighted by Crippen LogP contribution is 2.30. The summed E-state index contributed by atoms with van der Waals surface area (Å²) in [7, 11) is -4.05. The number of carbonyl (C=O) groups is 1. The summed E-state index contributed by atoms with van der Waals surface area (Å²) in [6, 6.07) is 5.07. The average molecular weight is 493 g/mol. The third-order valence-corrected chi connectivity index (χ3v) is 7.39. The molecule has 2 aromatic rings. The lowest BCUT2D eigenvalue weighted by Crippen LogP contribution is -2.42. The molecule has 0 atom stereocenters. The minimum atomic E-state index is -4.05. The van der Waals surface area contributed by atoms with Crippen LogP contribution in [0.25, 0.3) is 0 Å². The number of hydrogen-bond acceptors (Lipinski definition) is 4. The van der Waals surface area contributed by atoms with E-state index < -0.39 is 38.2 Å². The average Bonchev–Trinajstić information content (AvgIpc) is 2.67. The van der Waals surface area contributed by atoms with Gasteiger partial charge in [0.2, 0.25) is 10.0 Å². The smallest absolute Gasteiger partial charge is 0.255 e. The third-order valence-electron chi connectivity index (χ3n) is 5.11. The van der Waals surface area contributed by atoms with Gasteiger partial charge in [0, 0.05) is 23.4 Å². The summed E-state index contributed by atoms with van der Waals surface area (Å²) in [5.74, 6) is -3.24. The van der Waals surface area contributed by atoms with Gasteiger partial charge in [0.15, 0.2) is 11.6 Å². The maximum Gasteiger partial charge on any atom is 0.255 e. The van der Waals surface area contributed by atoms with Crippen molar-refractivity contribution in [1.29, 1.82) is 0 Å². The van der Waals surface area contributed by atoms with Crippen molar-refractivity contribution in [3.05, 3.63) is 57.6 Å². The normalized spacial score (nSPS) is 21.7. The van der Waals surface area contributed by atoms with Gasteiger partial charge in [-0.3, -0.25) is 4.79 Å². The first kappa shape index (κ1) is 23.9. The Morgan fingerprint density at radius 3 is 2.39 bits per heavy atom. The quantitative estimate of drug-likeness (QED) is 0.535. The molecule has 0 spiro atoms.